The average Bonchev–Trinajstić information content (AvgIpc) is 3.23. The zero-order valence-corrected chi connectivity index (χ0v) is 13.8. The Bertz CT molecular complexity index is 616. The van der Waals surface area contributed by atoms with E-state index in [1.54, 1.807) is 0 Å². The summed E-state index contributed by atoms with van der Waals surface area (Å²) in [6, 6.07) is 7.03. The molecule has 3 nitrogen and oxygen atoms in total. The van der Waals surface area contributed by atoms with Gasteiger partial charge in [-0.1, -0.05) is 29.8 Å². The van der Waals surface area contributed by atoms with Gasteiger partial charge in [0.1, 0.15) is 5.82 Å². The van der Waals surface area contributed by atoms with Gasteiger partial charge in [0.05, 0.1) is 11.0 Å². The molecule has 1 aliphatic carbocycles. The molecule has 108 valence electrons. The molecule has 0 saturated heterocycles. The molecule has 0 bridgehead atoms. The van der Waals surface area contributed by atoms with Gasteiger partial charge < -0.3 is 10.3 Å². The Morgan fingerprint density at radius 3 is 2.60 bits per heavy atom. The molecular formula is C16H22BrN3. The first-order valence-corrected chi connectivity index (χ1v) is 8.32. The standard InChI is InChI=1S/C16H22BrN3/c1-3-16(4-2,10-18)15-19-13-9-11(17)5-8-14(13)20(15)12-6-7-12/h5,8-9,12H,3-4,6-7,10,18H2,1-2H3. The molecule has 0 amide bonds. The maximum Gasteiger partial charge on any atom is 0.117 e. The molecule has 1 fully saturated rings. The van der Waals surface area contributed by atoms with E-state index in [4.69, 9.17) is 10.7 Å². The summed E-state index contributed by atoms with van der Waals surface area (Å²) in [6.07, 6.45) is 4.61. The van der Waals surface area contributed by atoms with Crippen molar-refractivity contribution >= 4 is 27.0 Å². The van der Waals surface area contributed by atoms with Crippen LogP contribution in [0.3, 0.4) is 0 Å². The summed E-state index contributed by atoms with van der Waals surface area (Å²) in [7, 11) is 0. The summed E-state index contributed by atoms with van der Waals surface area (Å²) in [4.78, 5) is 4.97. The molecule has 1 aliphatic rings. The fourth-order valence-electron chi connectivity index (χ4n) is 3.09. The maximum atomic E-state index is 6.14. The number of rotatable bonds is 5. The van der Waals surface area contributed by atoms with Crippen molar-refractivity contribution in [3.8, 4) is 0 Å². The molecule has 1 aromatic carbocycles. The predicted molar refractivity (Wildman–Crippen MR) is 87.0 cm³/mol. The first kappa shape index (κ1) is 14.1. The molecule has 0 radical (unpaired) electrons. The van der Waals surface area contributed by atoms with E-state index in [9.17, 15) is 0 Å². The topological polar surface area (TPSA) is 43.8 Å². The monoisotopic (exact) mass is 335 g/mol. The molecular weight excluding hydrogens is 314 g/mol. The van der Waals surface area contributed by atoms with E-state index < -0.39 is 0 Å². The Kier molecular flexibility index (Phi) is 3.63. The molecule has 0 aliphatic heterocycles. The lowest BCUT2D eigenvalue weighted by Gasteiger charge is -2.30. The highest BCUT2D eigenvalue weighted by atomic mass is 79.9. The van der Waals surface area contributed by atoms with Gasteiger partial charge in [0, 0.05) is 22.5 Å². The molecule has 20 heavy (non-hydrogen) atoms. The van der Waals surface area contributed by atoms with Crippen LogP contribution in [0.5, 0.6) is 0 Å². The Morgan fingerprint density at radius 2 is 2.05 bits per heavy atom. The van der Waals surface area contributed by atoms with Crippen molar-refractivity contribution in [3.05, 3.63) is 28.5 Å². The fraction of sp³-hybridized carbons (Fsp3) is 0.562. The van der Waals surface area contributed by atoms with E-state index in [0.717, 1.165) is 22.8 Å². The second kappa shape index (κ2) is 5.15. The average molecular weight is 336 g/mol. The summed E-state index contributed by atoms with van der Waals surface area (Å²) in [5.74, 6) is 1.20. The van der Waals surface area contributed by atoms with Crippen molar-refractivity contribution in [3.63, 3.8) is 0 Å². The summed E-state index contributed by atoms with van der Waals surface area (Å²) in [6.45, 7) is 5.11. The van der Waals surface area contributed by atoms with Crippen molar-refractivity contribution in [1.29, 1.82) is 0 Å². The zero-order chi connectivity index (χ0) is 14.3. The smallest absolute Gasteiger partial charge is 0.117 e. The fourth-order valence-corrected chi connectivity index (χ4v) is 3.44. The first-order valence-electron chi connectivity index (χ1n) is 7.53. The van der Waals surface area contributed by atoms with E-state index in [2.05, 4.69) is 52.5 Å². The van der Waals surface area contributed by atoms with Crippen molar-refractivity contribution in [2.75, 3.05) is 6.54 Å². The van der Waals surface area contributed by atoms with Gasteiger partial charge in [-0.3, -0.25) is 0 Å². The molecule has 1 heterocycles. The number of aromatic nitrogens is 2. The summed E-state index contributed by atoms with van der Waals surface area (Å²) in [5, 5.41) is 0. The molecule has 4 heteroatoms. The number of hydrogen-bond acceptors (Lipinski definition) is 2. The van der Waals surface area contributed by atoms with E-state index in [1.165, 1.54) is 24.2 Å². The summed E-state index contributed by atoms with van der Waals surface area (Å²) in [5.41, 5.74) is 8.49. The lowest BCUT2D eigenvalue weighted by Crippen LogP contribution is -2.36. The van der Waals surface area contributed by atoms with Crippen LogP contribution in [0.1, 0.15) is 51.4 Å². The third-order valence-corrected chi connectivity index (χ3v) is 5.28. The van der Waals surface area contributed by atoms with E-state index in [-0.39, 0.29) is 5.41 Å². The highest BCUT2D eigenvalue weighted by Gasteiger charge is 2.37. The Balaban J connectivity index is 2.26. The molecule has 0 spiro atoms. The molecule has 3 rings (SSSR count). The molecule has 0 unspecified atom stereocenters. The maximum absolute atomic E-state index is 6.14. The van der Waals surface area contributed by atoms with Crippen molar-refractivity contribution in [2.24, 2.45) is 5.73 Å². The van der Waals surface area contributed by atoms with E-state index in [0.29, 0.717) is 12.6 Å². The number of hydrogen-bond donors (Lipinski definition) is 1. The molecule has 1 aromatic heterocycles. The van der Waals surface area contributed by atoms with Crippen LogP contribution >= 0.6 is 15.9 Å². The number of benzene rings is 1. The number of imidazole rings is 1. The van der Waals surface area contributed by atoms with Crippen LogP contribution in [0.25, 0.3) is 11.0 Å². The van der Waals surface area contributed by atoms with Crippen molar-refractivity contribution in [2.45, 2.75) is 51.0 Å². The quantitative estimate of drug-likeness (QED) is 0.891. The van der Waals surface area contributed by atoms with Gasteiger partial charge in [-0.2, -0.15) is 0 Å². The number of halogens is 1. The van der Waals surface area contributed by atoms with Gasteiger partial charge in [-0.25, -0.2) is 4.98 Å². The molecule has 2 aromatic rings. The van der Waals surface area contributed by atoms with Crippen LogP contribution in [0.4, 0.5) is 0 Å². The Hall–Kier alpha value is -0.870. The van der Waals surface area contributed by atoms with Crippen LogP contribution in [0.15, 0.2) is 22.7 Å². The lowest BCUT2D eigenvalue weighted by molar-refractivity contribution is 0.368. The highest BCUT2D eigenvalue weighted by Crippen LogP contribution is 2.43. The lowest BCUT2D eigenvalue weighted by atomic mass is 9.81. The van der Waals surface area contributed by atoms with Crippen LogP contribution in [-0.2, 0) is 5.41 Å². The molecule has 0 atom stereocenters. The minimum atomic E-state index is 0.00802. The minimum absolute atomic E-state index is 0.00802. The summed E-state index contributed by atoms with van der Waals surface area (Å²) >= 11 is 3.55. The van der Waals surface area contributed by atoms with Crippen molar-refractivity contribution in [1.82, 2.24) is 9.55 Å². The van der Waals surface area contributed by atoms with E-state index in [1.807, 2.05) is 0 Å². The third kappa shape index (κ3) is 2.09. The van der Waals surface area contributed by atoms with Crippen LogP contribution in [0.2, 0.25) is 0 Å². The van der Waals surface area contributed by atoms with Gasteiger partial charge in [0.15, 0.2) is 0 Å². The minimum Gasteiger partial charge on any atom is -0.329 e. The van der Waals surface area contributed by atoms with Crippen LogP contribution in [0, 0.1) is 0 Å². The number of fused-ring (bicyclic) bond motifs is 1. The normalized spacial score (nSPS) is 16.0. The van der Waals surface area contributed by atoms with Crippen LogP contribution < -0.4 is 5.73 Å². The van der Waals surface area contributed by atoms with E-state index >= 15 is 0 Å². The predicted octanol–water partition coefficient (Wildman–Crippen LogP) is 4.15. The second-order valence-electron chi connectivity index (χ2n) is 5.86. The summed E-state index contributed by atoms with van der Waals surface area (Å²) < 4.78 is 3.55. The van der Waals surface area contributed by atoms with Gasteiger partial charge in [-0.15, -0.1) is 0 Å². The van der Waals surface area contributed by atoms with Gasteiger partial charge in [-0.05, 0) is 43.9 Å². The highest BCUT2D eigenvalue weighted by molar-refractivity contribution is 9.10. The molecule has 1 saturated carbocycles. The SMILES string of the molecule is CCC(CC)(CN)c1nc2cc(Br)ccc2n1C1CC1. The van der Waals surface area contributed by atoms with Crippen molar-refractivity contribution < 1.29 is 0 Å². The van der Waals surface area contributed by atoms with Crippen LogP contribution in [-0.4, -0.2) is 16.1 Å². The Labute approximate surface area is 128 Å². The third-order valence-electron chi connectivity index (χ3n) is 4.78. The number of nitrogens with zero attached hydrogens (tertiary/aromatic N) is 2. The van der Waals surface area contributed by atoms with Gasteiger partial charge in [0.25, 0.3) is 0 Å². The molecule has 2 N–H and O–H groups in total. The number of nitrogens with two attached hydrogens (primary N) is 1. The first-order chi connectivity index (χ1) is 9.65. The second-order valence-corrected chi connectivity index (χ2v) is 6.78. The van der Waals surface area contributed by atoms with Gasteiger partial charge >= 0.3 is 0 Å². The van der Waals surface area contributed by atoms with Gasteiger partial charge in [0.2, 0.25) is 0 Å². The zero-order valence-electron chi connectivity index (χ0n) is 12.2. The Morgan fingerprint density at radius 1 is 1.35 bits per heavy atom. The largest absolute Gasteiger partial charge is 0.329 e.